The quantitative estimate of drug-likeness (QED) is 0.354. The highest BCUT2D eigenvalue weighted by molar-refractivity contribution is 6.30. The van der Waals surface area contributed by atoms with E-state index >= 15 is 4.48 Å². The van der Waals surface area contributed by atoms with Crippen LogP contribution in [0.25, 0.3) is 0 Å². The van der Waals surface area contributed by atoms with Crippen molar-refractivity contribution < 1.29 is 14.0 Å². The second kappa shape index (κ2) is 9.20. The number of benzene rings is 2. The van der Waals surface area contributed by atoms with Crippen molar-refractivity contribution in [2.24, 2.45) is 4.99 Å². The van der Waals surface area contributed by atoms with Crippen molar-refractivity contribution in [3.8, 4) is 5.75 Å². The van der Waals surface area contributed by atoms with Crippen LogP contribution in [0.4, 0.5) is 15.9 Å². The van der Waals surface area contributed by atoms with Gasteiger partial charge in [0, 0.05) is 30.8 Å². The van der Waals surface area contributed by atoms with Crippen LogP contribution < -0.4 is 20.5 Å². The van der Waals surface area contributed by atoms with Crippen molar-refractivity contribution in [1.82, 2.24) is 5.32 Å². The van der Waals surface area contributed by atoms with E-state index in [9.17, 15) is 0 Å². The first-order chi connectivity index (χ1) is 14.6. The van der Waals surface area contributed by atoms with E-state index in [1.807, 2.05) is 6.07 Å². The Labute approximate surface area is 181 Å². The summed E-state index contributed by atoms with van der Waals surface area (Å²) in [7, 11) is 1.42. The Hall–Kier alpha value is -2.35. The van der Waals surface area contributed by atoms with Crippen LogP contribution in [0.3, 0.4) is 0 Å². The van der Waals surface area contributed by atoms with Gasteiger partial charge in [-0.05, 0) is 49.2 Å². The van der Waals surface area contributed by atoms with E-state index in [1.54, 1.807) is 36.4 Å². The van der Waals surface area contributed by atoms with Crippen molar-refractivity contribution >= 4 is 29.3 Å². The fourth-order valence-electron chi connectivity index (χ4n) is 3.98. The van der Waals surface area contributed by atoms with Gasteiger partial charge in [0.2, 0.25) is 0 Å². The Morgan fingerprint density at radius 2 is 2.00 bits per heavy atom. The topological polar surface area (TPSA) is 58.1 Å². The fourth-order valence-corrected chi connectivity index (χ4v) is 4.11. The summed E-state index contributed by atoms with van der Waals surface area (Å²) in [6, 6.07) is 12.4. The monoisotopic (exact) mass is 432 g/mol. The smallest absolute Gasteiger partial charge is 0.297 e. The molecule has 1 aliphatic heterocycles. The predicted molar refractivity (Wildman–Crippen MR) is 118 cm³/mol. The summed E-state index contributed by atoms with van der Waals surface area (Å²) in [5.74, 6) is -0.941. The number of anilines is 2. The van der Waals surface area contributed by atoms with Gasteiger partial charge in [0.25, 0.3) is 5.85 Å². The average molecular weight is 433 g/mol. The first kappa shape index (κ1) is 20.9. The number of nitrogens with one attached hydrogen (secondary N) is 2. The lowest BCUT2D eigenvalue weighted by molar-refractivity contribution is -0.0428. The van der Waals surface area contributed by atoms with Crippen LogP contribution in [0, 0.1) is 0 Å². The highest BCUT2D eigenvalue weighted by atomic mass is 35.5. The minimum absolute atomic E-state index is 0.282. The van der Waals surface area contributed by atoms with Crippen LogP contribution in [0.15, 0.2) is 47.5 Å². The Kier molecular flexibility index (Phi) is 6.41. The van der Waals surface area contributed by atoms with E-state index in [0.717, 1.165) is 6.54 Å². The summed E-state index contributed by atoms with van der Waals surface area (Å²) >= 11 is 5.93. The van der Waals surface area contributed by atoms with Crippen molar-refractivity contribution in [1.29, 1.82) is 0 Å². The maximum Gasteiger partial charge on any atom is 0.297 e. The van der Waals surface area contributed by atoms with Crippen molar-refractivity contribution in [2.45, 2.75) is 37.6 Å². The molecule has 1 fully saturated rings. The third kappa shape index (κ3) is 4.24. The van der Waals surface area contributed by atoms with E-state index in [0.29, 0.717) is 39.8 Å². The molecule has 0 spiro atoms. The molecule has 160 valence electrons. The minimum atomic E-state index is -1.64. The molecule has 8 heteroatoms. The first-order valence-corrected chi connectivity index (χ1v) is 10.6. The third-order valence-corrected chi connectivity index (χ3v) is 5.82. The molecule has 2 aliphatic rings. The molecule has 30 heavy (non-hydrogen) atoms. The normalized spacial score (nSPS) is 20.6. The summed E-state index contributed by atoms with van der Waals surface area (Å²) in [6.45, 7) is 1.37. The maximum atomic E-state index is 15.5. The molecule has 1 aliphatic carbocycles. The Morgan fingerprint density at radius 1 is 1.23 bits per heavy atom. The van der Waals surface area contributed by atoms with Gasteiger partial charge in [-0.3, -0.25) is 0 Å². The van der Waals surface area contributed by atoms with Gasteiger partial charge in [-0.15, -0.1) is 0 Å². The largest absolute Gasteiger partial charge is 0.492 e. The Bertz CT molecular complexity index is 889. The molecule has 0 amide bonds. The molecule has 0 radical (unpaired) electrons. The molecule has 0 aromatic heterocycles. The maximum absolute atomic E-state index is 15.5. The number of hydrogen-bond acceptors (Lipinski definition) is 6. The van der Waals surface area contributed by atoms with E-state index in [2.05, 4.69) is 15.6 Å². The summed E-state index contributed by atoms with van der Waals surface area (Å²) in [4.78, 5) is 4.28. The lowest BCUT2D eigenvalue weighted by atomic mass is 10.0. The van der Waals surface area contributed by atoms with Gasteiger partial charge in [0.1, 0.15) is 12.4 Å². The number of hydrogen-bond donors (Lipinski definition) is 2. The number of halogens is 2. The molecule has 0 saturated heterocycles. The third-order valence-electron chi connectivity index (χ3n) is 5.56. The van der Waals surface area contributed by atoms with Crippen LogP contribution in [0.1, 0.15) is 31.2 Å². The lowest BCUT2D eigenvalue weighted by Gasteiger charge is -2.37. The van der Waals surface area contributed by atoms with E-state index in [1.165, 1.54) is 39.1 Å². The summed E-state index contributed by atoms with van der Waals surface area (Å²) in [5.41, 5.74) is 1.50. The first-order valence-electron chi connectivity index (χ1n) is 10.2. The molecule has 2 N–H and O–H groups in total. The number of nitrogens with zero attached hydrogens (tertiary/aromatic N) is 2. The van der Waals surface area contributed by atoms with Gasteiger partial charge in [-0.25, -0.2) is 4.99 Å². The zero-order valence-electron chi connectivity index (χ0n) is 16.9. The molecule has 1 saturated carbocycles. The van der Waals surface area contributed by atoms with Crippen LogP contribution in [-0.4, -0.2) is 32.6 Å². The SMILES string of the molecule is COC1(N(F)c2ccc(Cl)cc2)N=CNc2cc(OCCNC3CCCC3)ccc21. The molecule has 2 aromatic rings. The molecule has 0 bridgehead atoms. The van der Waals surface area contributed by atoms with Crippen molar-refractivity contribution in [3.63, 3.8) is 0 Å². The highest BCUT2D eigenvalue weighted by Gasteiger charge is 2.43. The molecular weight excluding hydrogens is 407 g/mol. The summed E-state index contributed by atoms with van der Waals surface area (Å²) in [5, 5.41) is 7.60. The minimum Gasteiger partial charge on any atom is -0.492 e. The number of methoxy groups -OCH3 is 1. The van der Waals surface area contributed by atoms with Crippen LogP contribution in [0.5, 0.6) is 5.75 Å². The van der Waals surface area contributed by atoms with Crippen LogP contribution in [-0.2, 0) is 10.6 Å². The standard InChI is InChI=1S/C22H26ClFN4O2/c1-29-22(28(24)18-8-6-16(23)7-9-18)20-11-10-19(14-21(20)26-15-27-22)30-13-12-25-17-4-2-3-5-17/h6-11,14-15,17,25H,2-5,12-13H2,1H3,(H,26,27). The molecule has 4 rings (SSSR count). The average Bonchev–Trinajstić information content (AvgIpc) is 3.30. The number of fused-ring (bicyclic) bond motifs is 1. The predicted octanol–water partition coefficient (Wildman–Crippen LogP) is 4.85. The second-order valence-corrected chi connectivity index (χ2v) is 7.90. The second-order valence-electron chi connectivity index (χ2n) is 7.46. The summed E-state index contributed by atoms with van der Waals surface area (Å²) in [6.07, 6.45) is 6.53. The molecule has 1 atom stereocenters. The van der Waals surface area contributed by atoms with Crippen molar-refractivity contribution in [3.05, 3.63) is 53.1 Å². The van der Waals surface area contributed by atoms with Gasteiger partial charge in [0.05, 0.1) is 23.3 Å². The highest BCUT2D eigenvalue weighted by Crippen LogP contribution is 2.42. The zero-order chi connectivity index (χ0) is 21.0. The lowest BCUT2D eigenvalue weighted by Crippen LogP contribution is -2.44. The summed E-state index contributed by atoms with van der Waals surface area (Å²) < 4.78 is 26.9. The molecule has 2 aromatic carbocycles. The molecular formula is C22H26ClFN4O2. The number of rotatable bonds is 8. The number of aliphatic imine (C=N–C) groups is 1. The Balaban J connectivity index is 1.48. The van der Waals surface area contributed by atoms with E-state index in [-0.39, 0.29) is 5.69 Å². The van der Waals surface area contributed by atoms with Crippen LogP contribution in [0.2, 0.25) is 5.02 Å². The van der Waals surface area contributed by atoms with Gasteiger partial charge in [-0.2, -0.15) is 5.12 Å². The molecule has 1 unspecified atom stereocenters. The Morgan fingerprint density at radius 3 is 2.73 bits per heavy atom. The van der Waals surface area contributed by atoms with E-state index < -0.39 is 5.85 Å². The van der Waals surface area contributed by atoms with Crippen LogP contribution >= 0.6 is 11.6 Å². The van der Waals surface area contributed by atoms with E-state index in [4.69, 9.17) is 21.1 Å². The van der Waals surface area contributed by atoms with Crippen molar-refractivity contribution in [2.75, 3.05) is 30.7 Å². The fraction of sp³-hybridized carbons (Fsp3) is 0.409. The molecule has 6 nitrogen and oxygen atoms in total. The van der Waals surface area contributed by atoms with Gasteiger partial charge >= 0.3 is 0 Å². The number of ether oxygens (including phenoxy) is 2. The molecule has 1 heterocycles. The zero-order valence-corrected chi connectivity index (χ0v) is 17.7. The van der Waals surface area contributed by atoms with Gasteiger partial charge in [-0.1, -0.05) is 28.9 Å². The van der Waals surface area contributed by atoms with Gasteiger partial charge in [0.15, 0.2) is 0 Å². The van der Waals surface area contributed by atoms with Gasteiger partial charge < -0.3 is 20.1 Å².